The van der Waals surface area contributed by atoms with Crippen LogP contribution in [0.3, 0.4) is 0 Å². The number of hydrogen-bond acceptors (Lipinski definition) is 2. The lowest BCUT2D eigenvalue weighted by molar-refractivity contribution is 0.0601. The second-order valence-corrected chi connectivity index (χ2v) is 6.42. The largest absolute Gasteiger partial charge is 0.381 e. The minimum atomic E-state index is 0.524. The molecule has 106 valence electrons. The molecule has 2 saturated carbocycles. The van der Waals surface area contributed by atoms with Gasteiger partial charge in [-0.1, -0.05) is 25.7 Å². The van der Waals surface area contributed by atoms with Gasteiger partial charge in [-0.15, -0.1) is 0 Å². The van der Waals surface area contributed by atoms with Crippen LogP contribution in [0.2, 0.25) is 0 Å². The molecule has 0 unspecified atom stereocenters. The Kier molecular flexibility index (Phi) is 5.97. The molecule has 1 atom stereocenters. The number of nitrogens with one attached hydrogen (secondary N) is 1. The van der Waals surface area contributed by atoms with Gasteiger partial charge in [-0.25, -0.2) is 0 Å². The molecule has 0 aromatic heterocycles. The fraction of sp³-hybridized carbons (Fsp3) is 1.00. The van der Waals surface area contributed by atoms with E-state index in [9.17, 15) is 0 Å². The van der Waals surface area contributed by atoms with Gasteiger partial charge in [0.1, 0.15) is 0 Å². The second-order valence-electron chi connectivity index (χ2n) is 6.42. The van der Waals surface area contributed by atoms with Gasteiger partial charge in [0.2, 0.25) is 0 Å². The quantitative estimate of drug-likeness (QED) is 0.767. The molecule has 0 saturated heterocycles. The third-order valence-electron chi connectivity index (χ3n) is 5.11. The van der Waals surface area contributed by atoms with E-state index < -0.39 is 0 Å². The minimum Gasteiger partial charge on any atom is -0.381 e. The van der Waals surface area contributed by atoms with Gasteiger partial charge in [-0.3, -0.25) is 0 Å². The first kappa shape index (κ1) is 14.3. The van der Waals surface area contributed by atoms with Crippen molar-refractivity contribution in [3.05, 3.63) is 0 Å². The summed E-state index contributed by atoms with van der Waals surface area (Å²) in [6, 6.07) is 1.46. The van der Waals surface area contributed by atoms with Crippen LogP contribution in [-0.4, -0.2) is 25.3 Å². The predicted molar refractivity (Wildman–Crippen MR) is 76.8 cm³/mol. The molecule has 2 fully saturated rings. The van der Waals surface area contributed by atoms with Crippen LogP contribution in [0.5, 0.6) is 0 Å². The molecule has 0 spiro atoms. The number of methoxy groups -OCH3 is 1. The van der Waals surface area contributed by atoms with Gasteiger partial charge in [-0.2, -0.15) is 0 Å². The number of hydrogen-bond donors (Lipinski definition) is 1. The van der Waals surface area contributed by atoms with Crippen LogP contribution in [0.4, 0.5) is 0 Å². The van der Waals surface area contributed by atoms with Gasteiger partial charge < -0.3 is 10.1 Å². The molecular weight excluding hydrogens is 222 g/mol. The van der Waals surface area contributed by atoms with Crippen LogP contribution in [0, 0.1) is 5.92 Å². The zero-order chi connectivity index (χ0) is 12.8. The highest BCUT2D eigenvalue weighted by Gasteiger charge is 2.25. The molecule has 0 aromatic carbocycles. The van der Waals surface area contributed by atoms with E-state index in [2.05, 4.69) is 12.2 Å². The van der Waals surface area contributed by atoms with Crippen LogP contribution >= 0.6 is 0 Å². The molecule has 2 heteroatoms. The molecular formula is C16H31NO. The van der Waals surface area contributed by atoms with Crippen molar-refractivity contribution >= 4 is 0 Å². The van der Waals surface area contributed by atoms with E-state index in [-0.39, 0.29) is 0 Å². The maximum absolute atomic E-state index is 5.45. The summed E-state index contributed by atoms with van der Waals surface area (Å²) in [5.74, 6) is 0.924. The maximum atomic E-state index is 5.45. The van der Waals surface area contributed by atoms with E-state index >= 15 is 0 Å². The Hall–Kier alpha value is -0.0800. The Morgan fingerprint density at radius 1 is 0.889 bits per heavy atom. The lowest BCUT2D eigenvalue weighted by Gasteiger charge is -2.33. The lowest BCUT2D eigenvalue weighted by Crippen LogP contribution is -2.43. The van der Waals surface area contributed by atoms with Gasteiger partial charge in [0.05, 0.1) is 6.10 Å². The van der Waals surface area contributed by atoms with E-state index in [0.29, 0.717) is 12.1 Å². The molecule has 0 aromatic rings. The lowest BCUT2D eigenvalue weighted by atomic mass is 9.89. The molecule has 0 bridgehead atoms. The Bertz CT molecular complexity index is 215. The van der Waals surface area contributed by atoms with Crippen molar-refractivity contribution in [3.63, 3.8) is 0 Å². The normalized spacial score (nSPS) is 33.0. The van der Waals surface area contributed by atoms with Crippen LogP contribution in [0.1, 0.15) is 71.1 Å². The summed E-state index contributed by atoms with van der Waals surface area (Å²) in [5, 5.41) is 3.91. The minimum absolute atomic E-state index is 0.524. The third-order valence-corrected chi connectivity index (χ3v) is 5.11. The molecule has 0 aliphatic heterocycles. The fourth-order valence-corrected chi connectivity index (χ4v) is 3.78. The van der Waals surface area contributed by atoms with Crippen LogP contribution in [-0.2, 0) is 4.74 Å². The molecule has 0 heterocycles. The third kappa shape index (κ3) is 4.24. The standard InChI is InChI=1S/C16H31NO/c1-13(14-7-5-3-4-6-8-14)17-15-9-11-16(18-2)12-10-15/h13-17H,3-12H2,1-2H3/t13-,15?,16?/m1/s1. The van der Waals surface area contributed by atoms with Crippen molar-refractivity contribution in [2.24, 2.45) is 5.92 Å². The van der Waals surface area contributed by atoms with E-state index in [4.69, 9.17) is 4.74 Å². The molecule has 0 amide bonds. The summed E-state index contributed by atoms with van der Waals surface area (Å²) in [7, 11) is 1.85. The van der Waals surface area contributed by atoms with Gasteiger partial charge >= 0.3 is 0 Å². The molecule has 0 radical (unpaired) electrons. The maximum Gasteiger partial charge on any atom is 0.0572 e. The summed E-state index contributed by atoms with van der Waals surface area (Å²) in [4.78, 5) is 0. The number of rotatable bonds is 4. The highest BCUT2D eigenvalue weighted by molar-refractivity contribution is 4.82. The fourth-order valence-electron chi connectivity index (χ4n) is 3.78. The van der Waals surface area contributed by atoms with Crippen molar-refractivity contribution < 1.29 is 4.74 Å². The zero-order valence-corrected chi connectivity index (χ0v) is 12.3. The summed E-state index contributed by atoms with van der Waals surface area (Å²) < 4.78 is 5.45. The summed E-state index contributed by atoms with van der Waals surface area (Å²) in [6.07, 6.45) is 14.3. The Morgan fingerprint density at radius 3 is 2.06 bits per heavy atom. The molecule has 18 heavy (non-hydrogen) atoms. The van der Waals surface area contributed by atoms with Crippen molar-refractivity contribution in [1.29, 1.82) is 0 Å². The second kappa shape index (κ2) is 7.49. The average molecular weight is 253 g/mol. The average Bonchev–Trinajstić information content (AvgIpc) is 2.68. The Labute approximate surface area is 113 Å². The van der Waals surface area contributed by atoms with Gasteiger partial charge in [0.15, 0.2) is 0 Å². The highest BCUT2D eigenvalue weighted by Crippen LogP contribution is 2.27. The van der Waals surface area contributed by atoms with Gasteiger partial charge in [-0.05, 0) is 51.4 Å². The van der Waals surface area contributed by atoms with Crippen LogP contribution < -0.4 is 5.32 Å². The van der Waals surface area contributed by atoms with E-state index in [1.807, 2.05) is 7.11 Å². The molecule has 1 N–H and O–H groups in total. The summed E-state index contributed by atoms with van der Waals surface area (Å²) in [6.45, 7) is 2.42. The first-order valence-electron chi connectivity index (χ1n) is 8.08. The monoisotopic (exact) mass is 253 g/mol. The smallest absolute Gasteiger partial charge is 0.0572 e. The molecule has 2 aliphatic rings. The first-order valence-corrected chi connectivity index (χ1v) is 8.08. The molecule has 2 rings (SSSR count). The van der Waals surface area contributed by atoms with Gasteiger partial charge in [0.25, 0.3) is 0 Å². The van der Waals surface area contributed by atoms with Crippen LogP contribution in [0.25, 0.3) is 0 Å². The van der Waals surface area contributed by atoms with E-state index in [1.165, 1.54) is 64.2 Å². The van der Waals surface area contributed by atoms with Crippen molar-refractivity contribution in [3.8, 4) is 0 Å². The topological polar surface area (TPSA) is 21.3 Å². The number of ether oxygens (including phenoxy) is 1. The molecule has 2 nitrogen and oxygen atoms in total. The Balaban J connectivity index is 1.71. The Morgan fingerprint density at radius 2 is 1.50 bits per heavy atom. The van der Waals surface area contributed by atoms with E-state index in [0.717, 1.165) is 12.0 Å². The van der Waals surface area contributed by atoms with Crippen molar-refractivity contribution in [2.45, 2.75) is 89.3 Å². The SMILES string of the molecule is COC1CCC(N[C@H](C)C2CCCCCC2)CC1. The van der Waals surface area contributed by atoms with Crippen molar-refractivity contribution in [1.82, 2.24) is 5.32 Å². The van der Waals surface area contributed by atoms with Crippen molar-refractivity contribution in [2.75, 3.05) is 7.11 Å². The summed E-state index contributed by atoms with van der Waals surface area (Å²) >= 11 is 0. The predicted octanol–water partition coefficient (Wildman–Crippen LogP) is 3.89. The molecule has 2 aliphatic carbocycles. The van der Waals surface area contributed by atoms with Crippen LogP contribution in [0.15, 0.2) is 0 Å². The summed E-state index contributed by atoms with van der Waals surface area (Å²) in [5.41, 5.74) is 0. The van der Waals surface area contributed by atoms with E-state index in [1.54, 1.807) is 0 Å². The zero-order valence-electron chi connectivity index (χ0n) is 12.3. The highest BCUT2D eigenvalue weighted by atomic mass is 16.5. The van der Waals surface area contributed by atoms with Gasteiger partial charge in [0, 0.05) is 19.2 Å². The first-order chi connectivity index (χ1) is 8.79.